The highest BCUT2D eigenvalue weighted by Crippen LogP contribution is 2.25. The first-order chi connectivity index (χ1) is 12.5. The summed E-state index contributed by atoms with van der Waals surface area (Å²) in [4.78, 5) is 28.7. The summed E-state index contributed by atoms with van der Waals surface area (Å²) in [6, 6.07) is 14.7. The van der Waals surface area contributed by atoms with Gasteiger partial charge in [0, 0.05) is 29.4 Å². The van der Waals surface area contributed by atoms with E-state index in [0.717, 1.165) is 28.6 Å². The van der Waals surface area contributed by atoms with E-state index in [1.807, 2.05) is 38.1 Å². The van der Waals surface area contributed by atoms with Gasteiger partial charge in [-0.3, -0.25) is 14.6 Å². The summed E-state index contributed by atoms with van der Waals surface area (Å²) in [5.74, 6) is -0.296. The van der Waals surface area contributed by atoms with E-state index in [-0.39, 0.29) is 11.8 Å². The Bertz CT molecular complexity index is 978. The number of benzene rings is 2. The second kappa shape index (κ2) is 7.35. The van der Waals surface area contributed by atoms with Crippen molar-refractivity contribution in [3.63, 3.8) is 0 Å². The smallest absolute Gasteiger partial charge is 0.256 e. The van der Waals surface area contributed by atoms with Crippen molar-refractivity contribution in [3.8, 4) is 0 Å². The Morgan fingerprint density at radius 3 is 2.19 bits per heavy atom. The molecule has 0 aliphatic carbocycles. The first-order valence-electron chi connectivity index (χ1n) is 8.56. The lowest BCUT2D eigenvalue weighted by Gasteiger charge is -2.14. The van der Waals surface area contributed by atoms with Gasteiger partial charge in [0.15, 0.2) is 0 Å². The fourth-order valence-electron chi connectivity index (χ4n) is 3.03. The molecule has 3 aromatic rings. The lowest BCUT2D eigenvalue weighted by atomic mass is 9.99. The molecule has 3 rings (SSSR count). The largest absolute Gasteiger partial charge is 0.326 e. The number of aryl methyl sites for hydroxylation is 1. The van der Waals surface area contributed by atoms with Gasteiger partial charge in [-0.05, 0) is 49.2 Å². The fourth-order valence-corrected chi connectivity index (χ4v) is 3.03. The number of carbonyl (C=O) groups is 2. The number of nitrogens with one attached hydrogen (secondary N) is 2. The molecule has 0 atom stereocenters. The number of hydrogen-bond acceptors (Lipinski definition) is 3. The summed E-state index contributed by atoms with van der Waals surface area (Å²) < 4.78 is 0. The summed E-state index contributed by atoms with van der Waals surface area (Å²) in [6.45, 7) is 5.43. The fraction of sp³-hybridized carbons (Fsp3) is 0.190. The molecule has 0 spiro atoms. The lowest BCUT2D eigenvalue weighted by Crippen LogP contribution is -2.16. The van der Waals surface area contributed by atoms with Crippen LogP contribution in [0, 0.1) is 6.92 Å². The zero-order valence-electron chi connectivity index (χ0n) is 15.1. The molecular formula is C21H21N3O2. The SMILES string of the molecule is CCc1nc2ccccc2c(C(=O)Nc2ccc(NC(C)=O)cc2)c1C. The van der Waals surface area contributed by atoms with Gasteiger partial charge in [0.25, 0.3) is 5.91 Å². The predicted octanol–water partition coefficient (Wildman–Crippen LogP) is 4.32. The molecule has 2 amide bonds. The van der Waals surface area contributed by atoms with E-state index in [0.29, 0.717) is 16.9 Å². The molecule has 1 heterocycles. The van der Waals surface area contributed by atoms with Gasteiger partial charge in [-0.1, -0.05) is 25.1 Å². The second-order valence-corrected chi connectivity index (χ2v) is 6.14. The predicted molar refractivity (Wildman–Crippen MR) is 105 cm³/mol. The normalized spacial score (nSPS) is 10.6. The van der Waals surface area contributed by atoms with Crippen LogP contribution in [0.4, 0.5) is 11.4 Å². The van der Waals surface area contributed by atoms with Crippen LogP contribution in [-0.4, -0.2) is 16.8 Å². The molecule has 0 aliphatic heterocycles. The van der Waals surface area contributed by atoms with Gasteiger partial charge in [0.1, 0.15) is 0 Å². The number of carbonyl (C=O) groups excluding carboxylic acids is 2. The summed E-state index contributed by atoms with van der Waals surface area (Å²) in [6.07, 6.45) is 0.766. The van der Waals surface area contributed by atoms with E-state index >= 15 is 0 Å². The van der Waals surface area contributed by atoms with Gasteiger partial charge >= 0.3 is 0 Å². The number of amides is 2. The average Bonchev–Trinajstić information content (AvgIpc) is 2.62. The van der Waals surface area contributed by atoms with Gasteiger partial charge in [-0.25, -0.2) is 0 Å². The third-order valence-electron chi connectivity index (χ3n) is 4.26. The Hall–Kier alpha value is -3.21. The second-order valence-electron chi connectivity index (χ2n) is 6.14. The van der Waals surface area contributed by atoms with Crippen molar-refractivity contribution in [3.05, 3.63) is 65.4 Å². The number of nitrogens with zero attached hydrogens (tertiary/aromatic N) is 1. The molecule has 2 aromatic carbocycles. The van der Waals surface area contributed by atoms with Gasteiger partial charge in [-0.15, -0.1) is 0 Å². The van der Waals surface area contributed by atoms with Crippen LogP contribution < -0.4 is 10.6 Å². The molecule has 0 unspecified atom stereocenters. The van der Waals surface area contributed by atoms with E-state index in [1.165, 1.54) is 6.92 Å². The number of pyridine rings is 1. The van der Waals surface area contributed by atoms with Crippen LogP contribution in [0.25, 0.3) is 10.9 Å². The van der Waals surface area contributed by atoms with Crippen molar-refractivity contribution in [2.24, 2.45) is 0 Å². The third-order valence-corrected chi connectivity index (χ3v) is 4.26. The quantitative estimate of drug-likeness (QED) is 0.738. The van der Waals surface area contributed by atoms with Crippen LogP contribution in [0.15, 0.2) is 48.5 Å². The van der Waals surface area contributed by atoms with Crippen LogP contribution in [0.5, 0.6) is 0 Å². The van der Waals surface area contributed by atoms with E-state index in [1.54, 1.807) is 24.3 Å². The Morgan fingerprint density at radius 2 is 1.58 bits per heavy atom. The van der Waals surface area contributed by atoms with Crippen LogP contribution in [0.2, 0.25) is 0 Å². The van der Waals surface area contributed by atoms with Crippen molar-refractivity contribution in [2.75, 3.05) is 10.6 Å². The molecule has 5 nitrogen and oxygen atoms in total. The highest BCUT2D eigenvalue weighted by molar-refractivity contribution is 6.13. The van der Waals surface area contributed by atoms with Gasteiger partial charge in [0.2, 0.25) is 5.91 Å². The van der Waals surface area contributed by atoms with Crippen LogP contribution in [0.1, 0.15) is 35.5 Å². The Morgan fingerprint density at radius 1 is 0.962 bits per heavy atom. The van der Waals surface area contributed by atoms with Crippen LogP contribution >= 0.6 is 0 Å². The molecular weight excluding hydrogens is 326 g/mol. The molecule has 0 saturated carbocycles. The Labute approximate surface area is 152 Å². The first-order valence-corrected chi connectivity index (χ1v) is 8.56. The van der Waals surface area contributed by atoms with Gasteiger partial charge in [0.05, 0.1) is 11.1 Å². The molecule has 2 N–H and O–H groups in total. The molecule has 0 radical (unpaired) electrons. The van der Waals surface area contributed by atoms with Crippen LogP contribution in [-0.2, 0) is 11.2 Å². The monoisotopic (exact) mass is 347 g/mol. The molecule has 0 bridgehead atoms. The summed E-state index contributed by atoms with van der Waals surface area (Å²) in [5, 5.41) is 6.49. The highest BCUT2D eigenvalue weighted by Gasteiger charge is 2.17. The standard InChI is InChI=1S/C21H21N3O2/c1-4-18-13(2)20(17-7-5-6-8-19(17)24-18)21(26)23-16-11-9-15(10-12-16)22-14(3)25/h5-12H,4H2,1-3H3,(H,22,25)(H,23,26). The van der Waals surface area contributed by atoms with Crippen molar-refractivity contribution in [1.29, 1.82) is 0 Å². The maximum atomic E-state index is 13.0. The zero-order valence-corrected chi connectivity index (χ0v) is 15.1. The van der Waals surface area contributed by atoms with E-state index in [9.17, 15) is 9.59 Å². The Balaban J connectivity index is 1.95. The minimum Gasteiger partial charge on any atom is -0.326 e. The molecule has 0 fully saturated rings. The summed E-state index contributed by atoms with van der Waals surface area (Å²) in [5.41, 5.74) is 4.66. The number of hydrogen-bond donors (Lipinski definition) is 2. The zero-order chi connectivity index (χ0) is 18.7. The maximum absolute atomic E-state index is 13.0. The maximum Gasteiger partial charge on any atom is 0.256 e. The average molecular weight is 347 g/mol. The molecule has 5 heteroatoms. The van der Waals surface area contributed by atoms with E-state index < -0.39 is 0 Å². The molecule has 0 saturated heterocycles. The van der Waals surface area contributed by atoms with E-state index in [4.69, 9.17) is 0 Å². The van der Waals surface area contributed by atoms with Crippen molar-refractivity contribution >= 4 is 34.1 Å². The Kier molecular flexibility index (Phi) is 4.98. The molecule has 0 aliphatic rings. The molecule has 1 aromatic heterocycles. The topological polar surface area (TPSA) is 71.1 Å². The summed E-state index contributed by atoms with van der Waals surface area (Å²) >= 11 is 0. The van der Waals surface area contributed by atoms with E-state index in [2.05, 4.69) is 15.6 Å². The van der Waals surface area contributed by atoms with Crippen LogP contribution in [0.3, 0.4) is 0 Å². The van der Waals surface area contributed by atoms with Gasteiger partial charge < -0.3 is 10.6 Å². The van der Waals surface area contributed by atoms with Gasteiger partial charge in [-0.2, -0.15) is 0 Å². The van der Waals surface area contributed by atoms with Crippen molar-refractivity contribution in [2.45, 2.75) is 27.2 Å². The number of anilines is 2. The molecule has 132 valence electrons. The number of fused-ring (bicyclic) bond motifs is 1. The first kappa shape index (κ1) is 17.6. The minimum atomic E-state index is -0.164. The number of rotatable bonds is 4. The third kappa shape index (κ3) is 3.57. The molecule has 26 heavy (non-hydrogen) atoms. The van der Waals surface area contributed by atoms with Crippen molar-refractivity contribution < 1.29 is 9.59 Å². The summed E-state index contributed by atoms with van der Waals surface area (Å²) in [7, 11) is 0. The number of aromatic nitrogens is 1. The van der Waals surface area contributed by atoms with Crippen molar-refractivity contribution in [1.82, 2.24) is 4.98 Å². The number of para-hydroxylation sites is 1. The minimum absolute atomic E-state index is 0.132. The highest BCUT2D eigenvalue weighted by atomic mass is 16.2. The lowest BCUT2D eigenvalue weighted by molar-refractivity contribution is -0.114.